The lowest BCUT2D eigenvalue weighted by atomic mass is 9.97. The van der Waals surface area contributed by atoms with E-state index in [0.29, 0.717) is 30.8 Å². The number of piperidine rings is 1. The standard InChI is InChI=1S/C24H27N3O5S/c1-31-20-9-10-21(32-2)22(14-20)33(29,30)27-13-3-4-17(15-27)23(28)26-19-7-5-18(6-8-19)24(16-25)11-12-24/h5-10,14,17H,3-4,11-13,15H2,1-2H3,(H,26,28)/t17-/m0/s1. The van der Waals surface area contributed by atoms with Crippen molar-refractivity contribution in [1.82, 2.24) is 4.31 Å². The molecule has 9 heteroatoms. The molecule has 1 aliphatic heterocycles. The summed E-state index contributed by atoms with van der Waals surface area (Å²) in [5.41, 5.74) is 1.22. The van der Waals surface area contributed by atoms with E-state index in [1.165, 1.54) is 24.6 Å². The van der Waals surface area contributed by atoms with Crippen molar-refractivity contribution in [2.24, 2.45) is 5.92 Å². The van der Waals surface area contributed by atoms with Crippen LogP contribution in [0.15, 0.2) is 47.4 Å². The predicted molar refractivity (Wildman–Crippen MR) is 123 cm³/mol. The molecule has 1 heterocycles. The first-order chi connectivity index (χ1) is 15.8. The first-order valence-electron chi connectivity index (χ1n) is 10.9. The molecule has 0 unspecified atom stereocenters. The van der Waals surface area contributed by atoms with Crippen LogP contribution in [0, 0.1) is 17.2 Å². The SMILES string of the molecule is COc1ccc(OC)c(S(=O)(=O)N2CCC[C@H](C(=O)Nc3ccc(C4(C#N)CC4)cc3)C2)c1. The lowest BCUT2D eigenvalue weighted by Crippen LogP contribution is -2.43. The third kappa shape index (κ3) is 4.54. The van der Waals surface area contributed by atoms with Gasteiger partial charge in [0.15, 0.2) is 0 Å². The van der Waals surface area contributed by atoms with Crippen LogP contribution in [0.5, 0.6) is 11.5 Å². The molecule has 33 heavy (non-hydrogen) atoms. The number of hydrogen-bond donors (Lipinski definition) is 1. The van der Waals surface area contributed by atoms with Crippen LogP contribution in [0.1, 0.15) is 31.2 Å². The van der Waals surface area contributed by atoms with Gasteiger partial charge in [0.2, 0.25) is 15.9 Å². The number of ether oxygens (including phenoxy) is 2. The summed E-state index contributed by atoms with van der Waals surface area (Å²) in [4.78, 5) is 12.9. The zero-order valence-electron chi connectivity index (χ0n) is 18.7. The normalized spacial score (nSPS) is 19.8. The molecule has 0 radical (unpaired) electrons. The monoisotopic (exact) mass is 469 g/mol. The van der Waals surface area contributed by atoms with E-state index in [1.54, 1.807) is 24.3 Å². The number of hydrogen-bond acceptors (Lipinski definition) is 6. The number of rotatable bonds is 7. The van der Waals surface area contributed by atoms with Crippen LogP contribution in [0.25, 0.3) is 0 Å². The number of benzene rings is 2. The van der Waals surface area contributed by atoms with Crippen molar-refractivity contribution in [2.45, 2.75) is 36.0 Å². The summed E-state index contributed by atoms with van der Waals surface area (Å²) < 4.78 is 38.5. The molecule has 1 aliphatic carbocycles. The minimum absolute atomic E-state index is 0.0208. The van der Waals surface area contributed by atoms with Gasteiger partial charge in [0, 0.05) is 24.8 Å². The van der Waals surface area contributed by atoms with Gasteiger partial charge in [0.25, 0.3) is 0 Å². The number of anilines is 1. The fourth-order valence-electron chi connectivity index (χ4n) is 4.21. The van der Waals surface area contributed by atoms with Gasteiger partial charge in [0.05, 0.1) is 31.6 Å². The van der Waals surface area contributed by atoms with E-state index in [0.717, 1.165) is 18.4 Å². The Bertz CT molecular complexity index is 1180. The second kappa shape index (κ2) is 9.04. The van der Waals surface area contributed by atoms with Gasteiger partial charge < -0.3 is 14.8 Å². The van der Waals surface area contributed by atoms with Gasteiger partial charge in [0.1, 0.15) is 16.4 Å². The van der Waals surface area contributed by atoms with Crippen molar-refractivity contribution in [3.05, 3.63) is 48.0 Å². The highest BCUT2D eigenvalue weighted by atomic mass is 32.2. The number of sulfonamides is 1. The maximum Gasteiger partial charge on any atom is 0.246 e. The number of methoxy groups -OCH3 is 2. The highest BCUT2D eigenvalue weighted by Crippen LogP contribution is 2.47. The molecule has 0 spiro atoms. The van der Waals surface area contributed by atoms with Crippen LogP contribution in [-0.4, -0.2) is 45.9 Å². The number of amides is 1. The number of carbonyl (C=O) groups excluding carboxylic acids is 1. The second-order valence-corrected chi connectivity index (χ2v) is 10.4. The third-order valence-corrected chi connectivity index (χ3v) is 8.30. The van der Waals surface area contributed by atoms with Gasteiger partial charge >= 0.3 is 0 Å². The van der Waals surface area contributed by atoms with Gasteiger partial charge in [-0.25, -0.2) is 8.42 Å². The Balaban J connectivity index is 1.47. The Kier molecular flexibility index (Phi) is 6.32. The van der Waals surface area contributed by atoms with E-state index in [1.807, 2.05) is 12.1 Å². The van der Waals surface area contributed by atoms with Crippen LogP contribution < -0.4 is 14.8 Å². The van der Waals surface area contributed by atoms with Crippen molar-refractivity contribution in [1.29, 1.82) is 5.26 Å². The molecule has 8 nitrogen and oxygen atoms in total. The van der Waals surface area contributed by atoms with Crippen molar-refractivity contribution in [3.63, 3.8) is 0 Å². The first-order valence-corrected chi connectivity index (χ1v) is 12.3. The Morgan fingerprint density at radius 3 is 2.48 bits per heavy atom. The molecule has 2 aromatic carbocycles. The fourth-order valence-corrected chi connectivity index (χ4v) is 5.90. The number of nitriles is 1. The number of nitrogens with zero attached hydrogens (tertiary/aromatic N) is 2. The molecule has 1 saturated heterocycles. The smallest absolute Gasteiger partial charge is 0.246 e. The average Bonchev–Trinajstić information content (AvgIpc) is 3.65. The Labute approximate surface area is 194 Å². The van der Waals surface area contributed by atoms with Crippen LogP contribution in [0.2, 0.25) is 0 Å². The van der Waals surface area contributed by atoms with Gasteiger partial charge in [-0.3, -0.25) is 4.79 Å². The van der Waals surface area contributed by atoms with E-state index in [-0.39, 0.29) is 28.5 Å². The van der Waals surface area contributed by atoms with Crippen LogP contribution >= 0.6 is 0 Å². The summed E-state index contributed by atoms with van der Waals surface area (Å²) in [6, 6.07) is 14.3. The highest BCUT2D eigenvalue weighted by Gasteiger charge is 2.44. The van der Waals surface area contributed by atoms with Crippen molar-refractivity contribution in [2.75, 3.05) is 32.6 Å². The molecule has 1 amide bonds. The zero-order valence-corrected chi connectivity index (χ0v) is 19.5. The molecule has 2 fully saturated rings. The first kappa shape index (κ1) is 23.1. The van der Waals surface area contributed by atoms with E-state index in [2.05, 4.69) is 11.4 Å². The molecule has 0 bridgehead atoms. The van der Waals surface area contributed by atoms with E-state index >= 15 is 0 Å². The molecular formula is C24H27N3O5S. The number of carbonyl (C=O) groups is 1. The molecule has 2 aromatic rings. The highest BCUT2D eigenvalue weighted by molar-refractivity contribution is 7.89. The molecule has 174 valence electrons. The van der Waals surface area contributed by atoms with Crippen molar-refractivity contribution < 1.29 is 22.7 Å². The molecular weight excluding hydrogens is 442 g/mol. The van der Waals surface area contributed by atoms with Crippen LogP contribution in [0.4, 0.5) is 5.69 Å². The van der Waals surface area contributed by atoms with Crippen LogP contribution in [-0.2, 0) is 20.2 Å². The Morgan fingerprint density at radius 1 is 1.15 bits per heavy atom. The summed E-state index contributed by atoms with van der Waals surface area (Å²) in [5.74, 6) is -0.0536. The van der Waals surface area contributed by atoms with Gasteiger partial charge in [-0.2, -0.15) is 9.57 Å². The molecule has 1 atom stereocenters. The topological polar surface area (TPSA) is 109 Å². The Hall–Kier alpha value is -3.09. The maximum absolute atomic E-state index is 13.4. The summed E-state index contributed by atoms with van der Waals surface area (Å²) in [6.45, 7) is 0.418. The molecule has 1 N–H and O–H groups in total. The zero-order chi connectivity index (χ0) is 23.6. The molecule has 0 aromatic heterocycles. The summed E-state index contributed by atoms with van der Waals surface area (Å²) in [5, 5.41) is 12.2. The van der Waals surface area contributed by atoms with Gasteiger partial charge in [-0.15, -0.1) is 0 Å². The molecule has 2 aliphatic rings. The lowest BCUT2D eigenvalue weighted by molar-refractivity contribution is -0.120. The van der Waals surface area contributed by atoms with Crippen molar-refractivity contribution >= 4 is 21.6 Å². The quantitative estimate of drug-likeness (QED) is 0.667. The molecule has 1 saturated carbocycles. The fraction of sp³-hybridized carbons (Fsp3) is 0.417. The summed E-state index contributed by atoms with van der Waals surface area (Å²) in [6.07, 6.45) is 2.90. The summed E-state index contributed by atoms with van der Waals surface area (Å²) >= 11 is 0. The number of nitrogens with one attached hydrogen (secondary N) is 1. The minimum atomic E-state index is -3.88. The largest absolute Gasteiger partial charge is 0.497 e. The average molecular weight is 470 g/mol. The second-order valence-electron chi connectivity index (χ2n) is 8.48. The van der Waals surface area contributed by atoms with E-state index in [9.17, 15) is 18.5 Å². The minimum Gasteiger partial charge on any atom is -0.497 e. The Morgan fingerprint density at radius 2 is 1.88 bits per heavy atom. The third-order valence-electron chi connectivity index (χ3n) is 6.41. The van der Waals surface area contributed by atoms with Gasteiger partial charge in [-0.1, -0.05) is 12.1 Å². The van der Waals surface area contributed by atoms with Crippen molar-refractivity contribution in [3.8, 4) is 17.6 Å². The predicted octanol–water partition coefficient (Wildman–Crippen LogP) is 3.30. The van der Waals surface area contributed by atoms with E-state index < -0.39 is 15.9 Å². The summed E-state index contributed by atoms with van der Waals surface area (Å²) in [7, 11) is -0.991. The molecule has 4 rings (SSSR count). The van der Waals surface area contributed by atoms with Gasteiger partial charge in [-0.05, 0) is 55.5 Å². The lowest BCUT2D eigenvalue weighted by Gasteiger charge is -2.31. The van der Waals surface area contributed by atoms with Crippen LogP contribution in [0.3, 0.4) is 0 Å². The van der Waals surface area contributed by atoms with E-state index in [4.69, 9.17) is 9.47 Å². The maximum atomic E-state index is 13.4.